The third kappa shape index (κ3) is 4.45. The van der Waals surface area contributed by atoms with E-state index in [1.165, 1.54) is 30.5 Å². The molecule has 0 spiro atoms. The highest BCUT2D eigenvalue weighted by atomic mass is 19.1. The largest absolute Gasteiger partial charge is 0.478 e. The van der Waals surface area contributed by atoms with E-state index in [4.69, 9.17) is 20.6 Å². The quantitative estimate of drug-likeness (QED) is 0.400. The van der Waals surface area contributed by atoms with E-state index in [-0.39, 0.29) is 29.1 Å². The summed E-state index contributed by atoms with van der Waals surface area (Å²) in [6, 6.07) is 8.90. The number of nitrogens with two attached hydrogens (primary N) is 1. The number of imidazole rings is 1. The molecule has 1 saturated heterocycles. The number of benzene rings is 1. The Hall–Kier alpha value is -4.47. The number of pyridine rings is 1. The van der Waals surface area contributed by atoms with E-state index in [0.29, 0.717) is 11.4 Å². The van der Waals surface area contributed by atoms with Crippen LogP contribution in [-0.4, -0.2) is 48.4 Å². The Kier molecular flexibility index (Phi) is 6.24. The maximum atomic E-state index is 15.1. The van der Waals surface area contributed by atoms with Gasteiger partial charge in [-0.2, -0.15) is 0 Å². The highest BCUT2D eigenvalue weighted by Gasteiger charge is 2.26. The van der Waals surface area contributed by atoms with Gasteiger partial charge in [-0.15, -0.1) is 0 Å². The van der Waals surface area contributed by atoms with Crippen LogP contribution in [0, 0.1) is 5.82 Å². The zero-order valence-corrected chi connectivity index (χ0v) is 19.6. The standard InChI is InChI=1S/C26H25FN6O3/c1-2-11-32-12-3-4-18(15-32)23-20-8-10-30-26(28)33(20)24(31-23)16-5-6-21(19(27)13-16)36-22-14-17(25(34)35)7-9-29-22/h2,5-11,13-14,18H,3-4,12,15H2,1H3,(H2,28,30)(H,34,35). The molecule has 0 radical (unpaired) electrons. The van der Waals surface area contributed by atoms with Crippen molar-refractivity contribution in [3.63, 3.8) is 0 Å². The summed E-state index contributed by atoms with van der Waals surface area (Å²) in [5.74, 6) is -0.934. The van der Waals surface area contributed by atoms with Crippen molar-refractivity contribution in [2.24, 2.45) is 0 Å². The Bertz CT molecular complexity index is 1470. The average Bonchev–Trinajstić information content (AvgIpc) is 3.27. The second kappa shape index (κ2) is 9.65. The van der Waals surface area contributed by atoms with E-state index in [0.717, 1.165) is 37.1 Å². The fourth-order valence-corrected chi connectivity index (χ4v) is 4.59. The van der Waals surface area contributed by atoms with Gasteiger partial charge in [0.05, 0.1) is 16.8 Å². The number of nitrogen functional groups attached to an aromatic ring is 1. The number of carbonyl (C=O) groups is 1. The number of hydrogen-bond acceptors (Lipinski definition) is 7. The summed E-state index contributed by atoms with van der Waals surface area (Å²) < 4.78 is 22.4. The van der Waals surface area contributed by atoms with Crippen molar-refractivity contribution in [1.29, 1.82) is 0 Å². The van der Waals surface area contributed by atoms with Crippen molar-refractivity contribution < 1.29 is 19.0 Å². The minimum Gasteiger partial charge on any atom is -0.478 e. The summed E-state index contributed by atoms with van der Waals surface area (Å²) in [5, 5.41) is 9.15. The van der Waals surface area contributed by atoms with E-state index in [1.54, 1.807) is 16.7 Å². The van der Waals surface area contributed by atoms with Gasteiger partial charge in [0, 0.05) is 43.0 Å². The first kappa shape index (κ1) is 23.3. The molecule has 3 N–H and O–H groups in total. The van der Waals surface area contributed by atoms with E-state index < -0.39 is 11.8 Å². The van der Waals surface area contributed by atoms with Crippen molar-refractivity contribution in [3.05, 3.63) is 78.1 Å². The van der Waals surface area contributed by atoms with Gasteiger partial charge < -0.3 is 20.5 Å². The Labute approximate surface area is 206 Å². The molecule has 5 rings (SSSR count). The van der Waals surface area contributed by atoms with E-state index in [9.17, 15) is 4.79 Å². The number of aromatic nitrogens is 4. The Balaban J connectivity index is 1.51. The molecule has 1 unspecified atom stereocenters. The second-order valence-electron chi connectivity index (χ2n) is 8.60. The maximum absolute atomic E-state index is 15.1. The number of anilines is 1. The minimum atomic E-state index is -1.13. The predicted molar refractivity (Wildman–Crippen MR) is 132 cm³/mol. The number of fused-ring (bicyclic) bond motifs is 1. The van der Waals surface area contributed by atoms with Gasteiger partial charge >= 0.3 is 5.97 Å². The number of carboxylic acids is 1. The molecular formula is C26H25FN6O3. The van der Waals surface area contributed by atoms with Gasteiger partial charge in [0.15, 0.2) is 11.6 Å². The zero-order valence-electron chi connectivity index (χ0n) is 19.6. The Morgan fingerprint density at radius 3 is 2.83 bits per heavy atom. The normalized spacial score (nSPS) is 16.1. The molecule has 3 aromatic heterocycles. The number of allylic oxidation sites excluding steroid dienone is 1. The van der Waals surface area contributed by atoms with Crippen LogP contribution in [0.25, 0.3) is 16.9 Å². The molecule has 10 heteroatoms. The van der Waals surface area contributed by atoms with Crippen LogP contribution in [0.1, 0.15) is 41.7 Å². The number of rotatable bonds is 6. The van der Waals surface area contributed by atoms with Crippen molar-refractivity contribution in [1.82, 2.24) is 24.3 Å². The van der Waals surface area contributed by atoms with Gasteiger partial charge in [0.25, 0.3) is 0 Å². The van der Waals surface area contributed by atoms with Crippen molar-refractivity contribution >= 4 is 17.4 Å². The highest BCUT2D eigenvalue weighted by Crippen LogP contribution is 2.35. The number of nitrogens with zero attached hydrogens (tertiary/aromatic N) is 5. The summed E-state index contributed by atoms with van der Waals surface area (Å²) >= 11 is 0. The summed E-state index contributed by atoms with van der Waals surface area (Å²) in [5.41, 5.74) is 8.49. The molecule has 4 aromatic rings. The number of halogens is 1. The summed E-state index contributed by atoms with van der Waals surface area (Å²) in [6.45, 7) is 3.84. The topological polar surface area (TPSA) is 119 Å². The summed E-state index contributed by atoms with van der Waals surface area (Å²) in [6.07, 6.45) is 9.11. The molecule has 1 fully saturated rings. The first-order valence-electron chi connectivity index (χ1n) is 11.6. The van der Waals surface area contributed by atoms with Crippen LogP contribution in [0.15, 0.2) is 61.1 Å². The number of ether oxygens (including phenoxy) is 1. The maximum Gasteiger partial charge on any atom is 0.335 e. The van der Waals surface area contributed by atoms with E-state index >= 15 is 4.39 Å². The SMILES string of the molecule is CC=CN1CCCC(c2nc(-c3ccc(Oc4cc(C(=O)O)ccn4)c(F)c3)n3c(N)nccc23)C1. The zero-order chi connectivity index (χ0) is 25.2. The predicted octanol–water partition coefficient (Wildman–Crippen LogP) is 4.72. The molecule has 0 bridgehead atoms. The molecule has 4 heterocycles. The number of piperidine rings is 1. The number of aromatic carboxylic acids is 1. The van der Waals surface area contributed by atoms with Crippen LogP contribution in [0.2, 0.25) is 0 Å². The van der Waals surface area contributed by atoms with E-state index in [2.05, 4.69) is 21.1 Å². The van der Waals surface area contributed by atoms with Gasteiger partial charge in [-0.1, -0.05) is 6.08 Å². The molecule has 0 amide bonds. The number of hydrogen-bond donors (Lipinski definition) is 2. The Morgan fingerprint density at radius 1 is 1.22 bits per heavy atom. The first-order chi connectivity index (χ1) is 17.4. The lowest BCUT2D eigenvalue weighted by atomic mass is 9.94. The van der Waals surface area contributed by atoms with Crippen LogP contribution < -0.4 is 10.5 Å². The van der Waals surface area contributed by atoms with Gasteiger partial charge in [0.1, 0.15) is 5.82 Å². The molecule has 9 nitrogen and oxygen atoms in total. The van der Waals surface area contributed by atoms with Crippen molar-refractivity contribution in [2.75, 3.05) is 18.8 Å². The molecule has 1 atom stereocenters. The molecule has 1 aromatic carbocycles. The summed E-state index contributed by atoms with van der Waals surface area (Å²) in [4.78, 5) is 26.6. The monoisotopic (exact) mass is 488 g/mol. The third-order valence-electron chi connectivity index (χ3n) is 6.20. The van der Waals surface area contributed by atoms with Gasteiger partial charge in [-0.3, -0.25) is 4.40 Å². The molecule has 0 aliphatic carbocycles. The molecular weight excluding hydrogens is 463 g/mol. The lowest BCUT2D eigenvalue weighted by Crippen LogP contribution is -2.30. The minimum absolute atomic E-state index is 0.00732. The molecule has 184 valence electrons. The number of carboxylic acid groups (broad SMARTS) is 1. The van der Waals surface area contributed by atoms with Gasteiger partial charge in [-0.05, 0) is 56.3 Å². The van der Waals surface area contributed by atoms with Crippen LogP contribution in [0.4, 0.5) is 10.3 Å². The third-order valence-corrected chi connectivity index (χ3v) is 6.20. The summed E-state index contributed by atoms with van der Waals surface area (Å²) in [7, 11) is 0. The smallest absolute Gasteiger partial charge is 0.335 e. The lowest BCUT2D eigenvalue weighted by molar-refractivity contribution is 0.0696. The van der Waals surface area contributed by atoms with Gasteiger partial charge in [-0.25, -0.2) is 24.1 Å². The van der Waals surface area contributed by atoms with Crippen molar-refractivity contribution in [2.45, 2.75) is 25.7 Å². The molecule has 0 saturated carbocycles. The Morgan fingerprint density at radius 2 is 2.06 bits per heavy atom. The number of likely N-dealkylation sites (tertiary alicyclic amines) is 1. The second-order valence-corrected chi connectivity index (χ2v) is 8.60. The van der Waals surface area contributed by atoms with Crippen LogP contribution in [0.5, 0.6) is 11.6 Å². The van der Waals surface area contributed by atoms with E-state index in [1.807, 2.05) is 19.1 Å². The van der Waals surface area contributed by atoms with Crippen LogP contribution >= 0.6 is 0 Å². The lowest BCUT2D eigenvalue weighted by Gasteiger charge is -2.31. The average molecular weight is 489 g/mol. The van der Waals surface area contributed by atoms with Crippen LogP contribution in [-0.2, 0) is 0 Å². The fourth-order valence-electron chi connectivity index (χ4n) is 4.59. The first-order valence-corrected chi connectivity index (χ1v) is 11.6. The highest BCUT2D eigenvalue weighted by molar-refractivity contribution is 5.87. The fraction of sp³-hybridized carbons (Fsp3) is 0.231. The van der Waals surface area contributed by atoms with Crippen molar-refractivity contribution in [3.8, 4) is 23.0 Å². The molecule has 36 heavy (non-hydrogen) atoms. The van der Waals surface area contributed by atoms with Crippen LogP contribution in [0.3, 0.4) is 0 Å². The van der Waals surface area contributed by atoms with Gasteiger partial charge in [0.2, 0.25) is 11.8 Å². The molecule has 1 aliphatic heterocycles. The molecule has 1 aliphatic rings.